The highest BCUT2D eigenvalue weighted by atomic mass is 32.2. The molecule has 1 unspecified atom stereocenters. The number of nitrogens with one attached hydrogen (secondary N) is 1. The predicted molar refractivity (Wildman–Crippen MR) is 123 cm³/mol. The van der Waals surface area contributed by atoms with Crippen molar-refractivity contribution in [2.45, 2.75) is 30.4 Å². The molecule has 0 aliphatic carbocycles. The summed E-state index contributed by atoms with van der Waals surface area (Å²) < 4.78 is 37.9. The average Bonchev–Trinajstić information content (AvgIpc) is 3.49. The first kappa shape index (κ1) is 23.3. The highest BCUT2D eigenvalue weighted by molar-refractivity contribution is 7.89. The number of hydrogen-bond donors (Lipinski definition) is 1. The summed E-state index contributed by atoms with van der Waals surface area (Å²) in [4.78, 5) is 16.2. The summed E-state index contributed by atoms with van der Waals surface area (Å²) in [6, 6.07) is 10.4. The topological polar surface area (TPSA) is 88.2 Å². The maximum atomic E-state index is 12.7. The number of hydrogen-bond acceptors (Lipinski definition) is 7. The second-order valence-corrected chi connectivity index (χ2v) is 10.9. The lowest BCUT2D eigenvalue weighted by Gasteiger charge is -2.26. The van der Waals surface area contributed by atoms with E-state index in [4.69, 9.17) is 9.47 Å². The molecule has 0 spiro atoms. The Balaban J connectivity index is 1.36. The van der Waals surface area contributed by atoms with Crippen LogP contribution in [0.1, 0.15) is 17.7 Å². The van der Waals surface area contributed by atoms with Crippen LogP contribution in [0.4, 0.5) is 5.69 Å². The van der Waals surface area contributed by atoms with Crippen molar-refractivity contribution < 1.29 is 22.7 Å². The number of amides is 1. The van der Waals surface area contributed by atoms with Crippen molar-refractivity contribution in [1.82, 2.24) is 9.21 Å². The van der Waals surface area contributed by atoms with Gasteiger partial charge in [0.1, 0.15) is 0 Å². The van der Waals surface area contributed by atoms with Crippen LogP contribution in [0.3, 0.4) is 0 Å². The molecule has 174 valence electrons. The summed E-state index contributed by atoms with van der Waals surface area (Å²) in [5, 5.41) is 4.92. The molecular weight excluding hydrogens is 450 g/mol. The Labute approximate surface area is 193 Å². The SMILES string of the molecule is O=C(CN(Cc1cccs1)CC1CCCO1)Nc1ccc(S(=O)(=O)N2CCOCC2)cc1. The van der Waals surface area contributed by atoms with Gasteiger partial charge in [-0.3, -0.25) is 9.69 Å². The fourth-order valence-corrected chi connectivity index (χ4v) is 6.09. The van der Waals surface area contributed by atoms with Crippen LogP contribution in [-0.4, -0.2) is 75.6 Å². The summed E-state index contributed by atoms with van der Waals surface area (Å²) in [6.07, 6.45) is 2.23. The third-order valence-corrected chi connectivity index (χ3v) is 8.33. The maximum Gasteiger partial charge on any atom is 0.243 e. The van der Waals surface area contributed by atoms with Crippen LogP contribution in [0.25, 0.3) is 0 Å². The van der Waals surface area contributed by atoms with E-state index in [0.29, 0.717) is 45.1 Å². The molecule has 0 radical (unpaired) electrons. The molecule has 1 amide bonds. The number of carbonyl (C=O) groups is 1. The molecule has 3 heterocycles. The summed E-state index contributed by atoms with van der Waals surface area (Å²) in [6.45, 7) is 3.94. The van der Waals surface area contributed by atoms with E-state index in [1.165, 1.54) is 21.3 Å². The minimum Gasteiger partial charge on any atom is -0.379 e. The number of carbonyl (C=O) groups excluding carboxylic acids is 1. The van der Waals surface area contributed by atoms with Gasteiger partial charge in [0.2, 0.25) is 15.9 Å². The van der Waals surface area contributed by atoms with Crippen LogP contribution in [0.15, 0.2) is 46.7 Å². The fraction of sp³-hybridized carbons (Fsp3) is 0.500. The Morgan fingerprint density at radius 1 is 1.16 bits per heavy atom. The molecule has 1 aromatic heterocycles. The first-order valence-electron chi connectivity index (χ1n) is 10.8. The molecule has 8 nitrogen and oxygen atoms in total. The van der Waals surface area contributed by atoms with E-state index in [9.17, 15) is 13.2 Å². The molecule has 2 aliphatic rings. The number of thiophene rings is 1. The number of anilines is 1. The van der Waals surface area contributed by atoms with Gasteiger partial charge in [-0.05, 0) is 48.6 Å². The molecule has 1 N–H and O–H groups in total. The number of ether oxygens (including phenoxy) is 2. The van der Waals surface area contributed by atoms with Crippen LogP contribution >= 0.6 is 11.3 Å². The van der Waals surface area contributed by atoms with Gasteiger partial charge in [-0.25, -0.2) is 8.42 Å². The van der Waals surface area contributed by atoms with Crippen molar-refractivity contribution in [3.63, 3.8) is 0 Å². The zero-order valence-corrected chi connectivity index (χ0v) is 19.6. The molecule has 2 aromatic rings. The van der Waals surface area contributed by atoms with Gasteiger partial charge in [-0.15, -0.1) is 11.3 Å². The molecule has 1 aromatic carbocycles. The van der Waals surface area contributed by atoms with E-state index < -0.39 is 10.0 Å². The standard InChI is InChI=1S/C22H29N3O5S2/c26-22(17-24(15-19-3-1-11-30-19)16-20-4-2-14-31-20)23-18-5-7-21(8-6-18)32(27,28)25-9-12-29-13-10-25/h2,4-8,14,19H,1,3,9-13,15-17H2,(H,23,26). The lowest BCUT2D eigenvalue weighted by atomic mass is 10.2. The number of benzene rings is 1. The third kappa shape index (κ3) is 6.15. The highest BCUT2D eigenvalue weighted by Crippen LogP contribution is 2.20. The molecule has 32 heavy (non-hydrogen) atoms. The smallest absolute Gasteiger partial charge is 0.243 e. The van der Waals surface area contributed by atoms with Crippen LogP contribution in [0, 0.1) is 0 Å². The molecule has 4 rings (SSSR count). The zero-order valence-electron chi connectivity index (χ0n) is 17.9. The van der Waals surface area contributed by atoms with Gasteiger partial charge in [-0.2, -0.15) is 4.31 Å². The van der Waals surface area contributed by atoms with Crippen LogP contribution in [0.2, 0.25) is 0 Å². The van der Waals surface area contributed by atoms with Gasteiger partial charge >= 0.3 is 0 Å². The third-order valence-electron chi connectivity index (χ3n) is 5.56. The van der Waals surface area contributed by atoms with Gasteiger partial charge in [0.15, 0.2) is 0 Å². The molecule has 2 fully saturated rings. The van der Waals surface area contributed by atoms with Crippen molar-refractivity contribution in [3.8, 4) is 0 Å². The van der Waals surface area contributed by atoms with E-state index in [1.54, 1.807) is 23.5 Å². The molecule has 2 aliphatic heterocycles. The Hall–Kier alpha value is -1.82. The number of nitrogens with zero attached hydrogens (tertiary/aromatic N) is 2. The molecule has 10 heteroatoms. The minimum absolute atomic E-state index is 0.136. The normalized spacial score (nSPS) is 20.0. The van der Waals surface area contributed by atoms with Gasteiger partial charge in [0.05, 0.1) is 30.8 Å². The Bertz CT molecular complexity index is 968. The first-order chi connectivity index (χ1) is 15.5. The molecule has 2 saturated heterocycles. The summed E-state index contributed by atoms with van der Waals surface area (Å²) in [5.41, 5.74) is 0.573. The van der Waals surface area contributed by atoms with E-state index in [1.807, 2.05) is 11.4 Å². The molecular formula is C22H29N3O5S2. The minimum atomic E-state index is -3.55. The van der Waals surface area contributed by atoms with Crippen molar-refractivity contribution >= 4 is 33.0 Å². The van der Waals surface area contributed by atoms with E-state index in [-0.39, 0.29) is 23.5 Å². The van der Waals surface area contributed by atoms with Crippen LogP contribution in [0.5, 0.6) is 0 Å². The fourth-order valence-electron chi connectivity index (χ4n) is 3.93. The first-order valence-corrected chi connectivity index (χ1v) is 13.2. The van der Waals surface area contributed by atoms with Crippen molar-refractivity contribution in [3.05, 3.63) is 46.7 Å². The van der Waals surface area contributed by atoms with E-state index >= 15 is 0 Å². The van der Waals surface area contributed by atoms with E-state index in [2.05, 4.69) is 16.3 Å². The van der Waals surface area contributed by atoms with Gasteiger partial charge in [-0.1, -0.05) is 6.07 Å². The number of rotatable bonds is 9. The lowest BCUT2D eigenvalue weighted by molar-refractivity contribution is -0.117. The predicted octanol–water partition coefficient (Wildman–Crippen LogP) is 2.39. The Kier molecular flexibility index (Phi) is 7.93. The quantitative estimate of drug-likeness (QED) is 0.594. The Morgan fingerprint density at radius 3 is 2.59 bits per heavy atom. The van der Waals surface area contributed by atoms with Crippen molar-refractivity contribution in [2.24, 2.45) is 0 Å². The maximum absolute atomic E-state index is 12.7. The van der Waals surface area contributed by atoms with Crippen molar-refractivity contribution in [2.75, 3.05) is 51.3 Å². The summed E-state index contributed by atoms with van der Waals surface area (Å²) in [7, 11) is -3.55. The lowest BCUT2D eigenvalue weighted by Crippen LogP contribution is -2.40. The van der Waals surface area contributed by atoms with Gasteiger partial charge in [0, 0.05) is 43.4 Å². The van der Waals surface area contributed by atoms with Gasteiger partial charge in [0.25, 0.3) is 0 Å². The monoisotopic (exact) mass is 479 g/mol. The Morgan fingerprint density at radius 2 is 1.94 bits per heavy atom. The molecule has 0 saturated carbocycles. The number of morpholine rings is 1. The van der Waals surface area contributed by atoms with Crippen LogP contribution < -0.4 is 5.32 Å². The van der Waals surface area contributed by atoms with Crippen LogP contribution in [-0.2, 0) is 30.8 Å². The molecule has 0 bridgehead atoms. The zero-order chi connectivity index (χ0) is 22.4. The second-order valence-electron chi connectivity index (χ2n) is 7.97. The van der Waals surface area contributed by atoms with Crippen molar-refractivity contribution in [1.29, 1.82) is 0 Å². The number of sulfonamides is 1. The summed E-state index contributed by atoms with van der Waals surface area (Å²) >= 11 is 1.67. The largest absolute Gasteiger partial charge is 0.379 e. The second kappa shape index (κ2) is 10.9. The van der Waals surface area contributed by atoms with Gasteiger partial charge < -0.3 is 14.8 Å². The molecule has 1 atom stereocenters. The highest BCUT2D eigenvalue weighted by Gasteiger charge is 2.26. The van der Waals surface area contributed by atoms with E-state index in [0.717, 1.165) is 19.4 Å². The summed E-state index contributed by atoms with van der Waals surface area (Å²) in [5.74, 6) is -0.136. The average molecular weight is 480 g/mol.